The smallest absolute Gasteiger partial charge is 0.178 e. The molecule has 2 N–H and O–H groups in total. The number of para-hydroxylation sites is 2. The first-order valence-electron chi connectivity index (χ1n) is 8.18. The van der Waals surface area contributed by atoms with Gasteiger partial charge >= 0.3 is 0 Å². The number of aliphatic imine (C=N–C) groups is 2. The van der Waals surface area contributed by atoms with E-state index >= 15 is 0 Å². The Kier molecular flexibility index (Phi) is 5.08. The number of aromatic hydroxyl groups is 2. The first kappa shape index (κ1) is 17.4. The fourth-order valence-corrected chi connectivity index (χ4v) is 2.58. The van der Waals surface area contributed by atoms with Crippen LogP contribution in [0.3, 0.4) is 0 Å². The van der Waals surface area contributed by atoms with Gasteiger partial charge in [-0.1, -0.05) is 24.3 Å². The highest BCUT2D eigenvalue weighted by molar-refractivity contribution is 6.04. The summed E-state index contributed by atoms with van der Waals surface area (Å²) < 4.78 is 0. The molecule has 2 aromatic carbocycles. The summed E-state index contributed by atoms with van der Waals surface area (Å²) in [6.07, 6.45) is 1.64. The molecule has 1 heterocycles. The summed E-state index contributed by atoms with van der Waals surface area (Å²) in [5, 5.41) is 20.0. The van der Waals surface area contributed by atoms with E-state index < -0.39 is 0 Å². The second-order valence-electron chi connectivity index (χ2n) is 5.77. The minimum atomic E-state index is 0.167. The Bertz CT molecular complexity index is 913. The Morgan fingerprint density at radius 1 is 0.731 bits per heavy atom. The van der Waals surface area contributed by atoms with Gasteiger partial charge in [-0.05, 0) is 50.2 Å². The third-order valence-electron chi connectivity index (χ3n) is 3.92. The fourth-order valence-electron chi connectivity index (χ4n) is 2.58. The molecule has 0 atom stereocenters. The monoisotopic (exact) mass is 345 g/mol. The van der Waals surface area contributed by atoms with Crippen molar-refractivity contribution >= 4 is 22.9 Å². The lowest BCUT2D eigenvalue weighted by molar-refractivity contribution is 0.473. The average molecular weight is 345 g/mol. The summed E-state index contributed by atoms with van der Waals surface area (Å²) >= 11 is 0. The number of hydrogen-bond donors (Lipinski definition) is 2. The minimum Gasteiger partial charge on any atom is -0.507 e. The second kappa shape index (κ2) is 7.61. The number of rotatable bonds is 4. The van der Waals surface area contributed by atoms with Gasteiger partial charge in [-0.2, -0.15) is 0 Å². The van der Waals surface area contributed by atoms with Crippen molar-refractivity contribution in [1.82, 2.24) is 4.98 Å². The number of phenols is 2. The van der Waals surface area contributed by atoms with Crippen molar-refractivity contribution in [3.8, 4) is 11.5 Å². The maximum atomic E-state index is 10.0. The lowest BCUT2D eigenvalue weighted by Crippen LogP contribution is -1.96. The van der Waals surface area contributed by atoms with Crippen molar-refractivity contribution in [3.63, 3.8) is 0 Å². The molecule has 5 heteroatoms. The zero-order valence-electron chi connectivity index (χ0n) is 14.6. The van der Waals surface area contributed by atoms with Crippen LogP contribution in [0.2, 0.25) is 0 Å². The highest BCUT2D eigenvalue weighted by Gasteiger charge is 2.08. The fraction of sp³-hybridized carbons (Fsp3) is 0.0952. The van der Waals surface area contributed by atoms with Crippen LogP contribution in [0.15, 0.2) is 76.8 Å². The molecular formula is C21H19N3O2. The summed E-state index contributed by atoms with van der Waals surface area (Å²) in [5.41, 5.74) is 3.18. The van der Waals surface area contributed by atoms with Crippen LogP contribution in [-0.2, 0) is 0 Å². The Labute approximate surface area is 152 Å². The van der Waals surface area contributed by atoms with Crippen LogP contribution in [-0.4, -0.2) is 26.6 Å². The summed E-state index contributed by atoms with van der Waals surface area (Å²) in [5.74, 6) is 0.788. The number of benzene rings is 2. The van der Waals surface area contributed by atoms with Crippen LogP contribution >= 0.6 is 0 Å². The van der Waals surface area contributed by atoms with Crippen molar-refractivity contribution in [2.45, 2.75) is 13.8 Å². The normalized spacial score (nSPS) is 12.2. The van der Waals surface area contributed by atoms with Crippen molar-refractivity contribution in [2.75, 3.05) is 0 Å². The van der Waals surface area contributed by atoms with Crippen LogP contribution in [0.25, 0.3) is 0 Å². The molecule has 0 radical (unpaired) electrons. The van der Waals surface area contributed by atoms with Gasteiger partial charge in [0.05, 0.1) is 5.71 Å². The van der Waals surface area contributed by atoms with Gasteiger partial charge < -0.3 is 10.2 Å². The molecule has 3 aromatic rings. The molecule has 130 valence electrons. The molecule has 0 spiro atoms. The van der Waals surface area contributed by atoms with Crippen molar-refractivity contribution in [1.29, 1.82) is 0 Å². The standard InChI is InChI=1S/C21H19N3O2/c1-14(16-8-3-5-11-19(16)25)23-18-10-7-13-22-21(18)24-15(2)17-9-4-6-12-20(17)26/h3-13,25-26H,1-2H3. The zero-order chi connectivity index (χ0) is 18.5. The molecule has 3 rings (SSSR count). The van der Waals surface area contributed by atoms with Gasteiger partial charge in [0.2, 0.25) is 0 Å². The van der Waals surface area contributed by atoms with E-state index in [0.29, 0.717) is 34.1 Å². The van der Waals surface area contributed by atoms with E-state index in [1.54, 1.807) is 48.7 Å². The number of pyridine rings is 1. The molecule has 1 aromatic heterocycles. The van der Waals surface area contributed by atoms with E-state index in [1.807, 2.05) is 32.0 Å². The molecule has 0 aliphatic heterocycles. The van der Waals surface area contributed by atoms with Crippen molar-refractivity contribution in [2.24, 2.45) is 9.98 Å². The van der Waals surface area contributed by atoms with Gasteiger partial charge in [0.25, 0.3) is 0 Å². The van der Waals surface area contributed by atoms with Crippen LogP contribution in [0.4, 0.5) is 11.5 Å². The molecule has 26 heavy (non-hydrogen) atoms. The summed E-state index contributed by atoms with van der Waals surface area (Å²) in [6.45, 7) is 3.64. The SMILES string of the molecule is CC(=Nc1cccnc1N=C(C)c1ccccc1O)c1ccccc1O. The van der Waals surface area contributed by atoms with E-state index in [2.05, 4.69) is 15.0 Å². The van der Waals surface area contributed by atoms with Gasteiger partial charge in [-0.3, -0.25) is 0 Å². The molecule has 0 unspecified atom stereocenters. The maximum Gasteiger partial charge on any atom is 0.178 e. The predicted molar refractivity (Wildman–Crippen MR) is 104 cm³/mol. The van der Waals surface area contributed by atoms with Gasteiger partial charge in [-0.15, -0.1) is 0 Å². The van der Waals surface area contributed by atoms with E-state index in [9.17, 15) is 10.2 Å². The topological polar surface area (TPSA) is 78.1 Å². The predicted octanol–water partition coefficient (Wildman–Crippen LogP) is 4.77. The maximum absolute atomic E-state index is 10.0. The highest BCUT2D eigenvalue weighted by atomic mass is 16.3. The summed E-state index contributed by atoms with van der Waals surface area (Å²) in [4.78, 5) is 13.4. The lowest BCUT2D eigenvalue weighted by Gasteiger charge is -2.07. The van der Waals surface area contributed by atoms with Gasteiger partial charge in [0, 0.05) is 23.0 Å². The first-order chi connectivity index (χ1) is 12.6. The van der Waals surface area contributed by atoms with E-state index in [4.69, 9.17) is 0 Å². The lowest BCUT2D eigenvalue weighted by atomic mass is 10.1. The van der Waals surface area contributed by atoms with Crippen LogP contribution < -0.4 is 0 Å². The Balaban J connectivity index is 2.02. The molecule has 0 aliphatic carbocycles. The summed E-state index contributed by atoms with van der Waals surface area (Å²) in [7, 11) is 0. The van der Waals surface area contributed by atoms with Gasteiger partial charge in [0.1, 0.15) is 17.2 Å². The highest BCUT2D eigenvalue weighted by Crippen LogP contribution is 2.28. The third-order valence-corrected chi connectivity index (χ3v) is 3.92. The Hall–Kier alpha value is -3.47. The second-order valence-corrected chi connectivity index (χ2v) is 5.77. The molecule has 0 saturated heterocycles. The molecule has 0 fully saturated rings. The number of nitrogens with zero attached hydrogens (tertiary/aromatic N) is 3. The minimum absolute atomic E-state index is 0.167. The number of hydrogen-bond acceptors (Lipinski definition) is 5. The molecule has 0 aliphatic rings. The molecule has 0 bridgehead atoms. The largest absolute Gasteiger partial charge is 0.507 e. The van der Waals surface area contributed by atoms with Gasteiger partial charge in [0.15, 0.2) is 5.82 Å². The van der Waals surface area contributed by atoms with E-state index in [0.717, 1.165) is 0 Å². The van der Waals surface area contributed by atoms with Crippen LogP contribution in [0.5, 0.6) is 11.5 Å². The Morgan fingerprint density at radius 2 is 1.27 bits per heavy atom. The quantitative estimate of drug-likeness (QED) is 0.668. The first-order valence-corrected chi connectivity index (χ1v) is 8.18. The summed E-state index contributed by atoms with van der Waals surface area (Å²) in [6, 6.07) is 17.7. The third kappa shape index (κ3) is 3.78. The molecular weight excluding hydrogens is 326 g/mol. The van der Waals surface area contributed by atoms with E-state index in [-0.39, 0.29) is 11.5 Å². The molecule has 5 nitrogen and oxygen atoms in total. The van der Waals surface area contributed by atoms with E-state index in [1.165, 1.54) is 0 Å². The Morgan fingerprint density at radius 3 is 1.85 bits per heavy atom. The van der Waals surface area contributed by atoms with Crippen molar-refractivity contribution in [3.05, 3.63) is 78.0 Å². The zero-order valence-corrected chi connectivity index (χ0v) is 14.6. The molecule has 0 saturated carbocycles. The van der Waals surface area contributed by atoms with Gasteiger partial charge in [-0.25, -0.2) is 15.0 Å². The number of phenolic OH excluding ortho intramolecular Hbond substituents is 2. The van der Waals surface area contributed by atoms with Crippen LogP contribution in [0, 0.1) is 0 Å². The van der Waals surface area contributed by atoms with Crippen LogP contribution in [0.1, 0.15) is 25.0 Å². The average Bonchev–Trinajstić information content (AvgIpc) is 2.64. The van der Waals surface area contributed by atoms with Crippen molar-refractivity contribution < 1.29 is 10.2 Å². The number of aromatic nitrogens is 1. The molecule has 0 amide bonds.